The average molecular weight is 264 g/mol. The van der Waals surface area contributed by atoms with Gasteiger partial charge in [0.15, 0.2) is 0 Å². The summed E-state index contributed by atoms with van der Waals surface area (Å²) in [5, 5.41) is 0. The van der Waals surface area contributed by atoms with Gasteiger partial charge in [-0.3, -0.25) is 0 Å². The molecule has 1 aliphatic heterocycles. The van der Waals surface area contributed by atoms with Crippen molar-refractivity contribution < 1.29 is 13.9 Å². The molecule has 0 spiro atoms. The van der Waals surface area contributed by atoms with Gasteiger partial charge in [-0.05, 0) is 18.9 Å². The highest BCUT2D eigenvalue weighted by molar-refractivity contribution is 5.82. The second-order valence-electron chi connectivity index (χ2n) is 4.32. The van der Waals surface area contributed by atoms with Crippen LogP contribution in [0, 0.1) is 0 Å². The number of esters is 1. The molecule has 0 bridgehead atoms. The standard InChI is InChI=1S/C10H16O2.C5H4O2/c1-2-3-4-6-9-7-5-8-10(11)12-9;6-5-3-1-2-4-7-5/h5,8-9H,2-4,6-7H2,1H3;1-4H. The largest absolute Gasteiger partial charge is 0.459 e. The van der Waals surface area contributed by atoms with Crippen LogP contribution in [0.2, 0.25) is 0 Å². The maximum atomic E-state index is 10.8. The first-order valence-corrected chi connectivity index (χ1v) is 6.63. The Labute approximate surface area is 113 Å². The van der Waals surface area contributed by atoms with Crippen LogP contribution in [-0.4, -0.2) is 12.1 Å². The van der Waals surface area contributed by atoms with E-state index in [2.05, 4.69) is 11.3 Å². The average Bonchev–Trinajstić information content (AvgIpc) is 2.41. The fraction of sp³-hybridized carbons (Fsp3) is 0.467. The third-order valence-electron chi connectivity index (χ3n) is 2.67. The first kappa shape index (κ1) is 15.2. The monoisotopic (exact) mass is 264 g/mol. The van der Waals surface area contributed by atoms with Crippen molar-refractivity contribution in [2.75, 3.05) is 0 Å². The highest BCUT2D eigenvalue weighted by Gasteiger charge is 2.14. The van der Waals surface area contributed by atoms with Crippen LogP contribution in [-0.2, 0) is 9.53 Å². The molecule has 1 atom stereocenters. The molecule has 2 heterocycles. The number of cyclic esters (lactones) is 1. The molecular formula is C15H20O4. The van der Waals surface area contributed by atoms with Gasteiger partial charge in [0.05, 0.1) is 6.26 Å². The Balaban J connectivity index is 0.000000218. The van der Waals surface area contributed by atoms with Crippen molar-refractivity contribution in [1.29, 1.82) is 0 Å². The van der Waals surface area contributed by atoms with E-state index in [-0.39, 0.29) is 17.7 Å². The molecule has 4 nitrogen and oxygen atoms in total. The molecule has 104 valence electrons. The summed E-state index contributed by atoms with van der Waals surface area (Å²) in [5.41, 5.74) is -0.303. The van der Waals surface area contributed by atoms with Gasteiger partial charge >= 0.3 is 11.6 Å². The minimum absolute atomic E-state index is 0.147. The highest BCUT2D eigenvalue weighted by Crippen LogP contribution is 2.14. The van der Waals surface area contributed by atoms with Crippen LogP contribution in [0.3, 0.4) is 0 Å². The predicted molar refractivity (Wildman–Crippen MR) is 72.8 cm³/mol. The second-order valence-corrected chi connectivity index (χ2v) is 4.32. The number of hydrogen-bond donors (Lipinski definition) is 0. The van der Waals surface area contributed by atoms with E-state index < -0.39 is 0 Å². The third-order valence-corrected chi connectivity index (χ3v) is 2.67. The van der Waals surface area contributed by atoms with E-state index in [0.717, 1.165) is 12.8 Å². The molecule has 0 N–H and O–H groups in total. The van der Waals surface area contributed by atoms with E-state index in [1.54, 1.807) is 12.1 Å². The zero-order chi connectivity index (χ0) is 13.9. The molecule has 0 saturated carbocycles. The number of hydrogen-bond acceptors (Lipinski definition) is 4. The lowest BCUT2D eigenvalue weighted by atomic mass is 10.1. The highest BCUT2D eigenvalue weighted by atomic mass is 16.5. The van der Waals surface area contributed by atoms with Gasteiger partial charge in [-0.1, -0.05) is 31.9 Å². The number of carbonyl (C=O) groups excluding carboxylic acids is 1. The Kier molecular flexibility index (Phi) is 7.32. The van der Waals surface area contributed by atoms with Crippen molar-refractivity contribution in [2.45, 2.75) is 45.1 Å². The summed E-state index contributed by atoms with van der Waals surface area (Å²) in [5.74, 6) is -0.178. The second kappa shape index (κ2) is 9.14. The first-order chi connectivity index (χ1) is 9.22. The summed E-state index contributed by atoms with van der Waals surface area (Å²) < 4.78 is 9.48. The van der Waals surface area contributed by atoms with E-state index in [4.69, 9.17) is 4.74 Å². The van der Waals surface area contributed by atoms with Crippen LogP contribution >= 0.6 is 0 Å². The molecule has 0 aliphatic carbocycles. The fourth-order valence-corrected chi connectivity index (χ4v) is 1.69. The summed E-state index contributed by atoms with van der Waals surface area (Å²) in [6.45, 7) is 2.17. The van der Waals surface area contributed by atoms with Crippen molar-refractivity contribution in [3.63, 3.8) is 0 Å². The summed E-state index contributed by atoms with van der Waals surface area (Å²) in [7, 11) is 0. The van der Waals surface area contributed by atoms with Crippen LogP contribution in [0.25, 0.3) is 0 Å². The lowest BCUT2D eigenvalue weighted by Crippen LogP contribution is -2.19. The molecule has 1 aliphatic rings. The van der Waals surface area contributed by atoms with Gasteiger partial charge in [0.25, 0.3) is 0 Å². The SMILES string of the molecule is CCCCCC1CC=CC(=O)O1.O=c1cccco1. The van der Waals surface area contributed by atoms with Crippen molar-refractivity contribution >= 4 is 5.97 Å². The van der Waals surface area contributed by atoms with Gasteiger partial charge in [-0.25, -0.2) is 9.59 Å². The Hall–Kier alpha value is -1.84. The molecule has 19 heavy (non-hydrogen) atoms. The Morgan fingerprint density at radius 1 is 1.26 bits per heavy atom. The number of carbonyl (C=O) groups is 1. The van der Waals surface area contributed by atoms with Crippen LogP contribution in [0.4, 0.5) is 0 Å². The van der Waals surface area contributed by atoms with Crippen LogP contribution in [0.5, 0.6) is 0 Å². The van der Waals surface area contributed by atoms with Gasteiger partial charge < -0.3 is 9.15 Å². The Morgan fingerprint density at radius 3 is 2.63 bits per heavy atom. The molecule has 1 unspecified atom stereocenters. The molecule has 0 saturated heterocycles. The minimum Gasteiger partial charge on any atom is -0.459 e. The molecule has 0 radical (unpaired) electrons. The number of rotatable bonds is 4. The topological polar surface area (TPSA) is 56.5 Å². The smallest absolute Gasteiger partial charge is 0.335 e. The van der Waals surface area contributed by atoms with Crippen LogP contribution in [0.1, 0.15) is 39.0 Å². The van der Waals surface area contributed by atoms with E-state index >= 15 is 0 Å². The summed E-state index contributed by atoms with van der Waals surface area (Å²) >= 11 is 0. The number of ether oxygens (including phenoxy) is 1. The normalized spacial score (nSPS) is 17.3. The van der Waals surface area contributed by atoms with Crippen LogP contribution in [0.15, 0.2) is 45.8 Å². The molecule has 4 heteroatoms. The quantitative estimate of drug-likeness (QED) is 0.619. The predicted octanol–water partition coefficient (Wildman–Crippen LogP) is 3.08. The molecule has 0 aromatic carbocycles. The molecule has 1 aromatic heterocycles. The maximum Gasteiger partial charge on any atom is 0.335 e. The third kappa shape index (κ3) is 7.24. The van der Waals surface area contributed by atoms with Crippen molar-refractivity contribution in [2.24, 2.45) is 0 Å². The summed E-state index contributed by atoms with van der Waals surface area (Å²) in [6.07, 6.45) is 10.4. The van der Waals surface area contributed by atoms with Gasteiger partial charge in [0.2, 0.25) is 0 Å². The lowest BCUT2D eigenvalue weighted by molar-refractivity contribution is -0.144. The van der Waals surface area contributed by atoms with Crippen LogP contribution < -0.4 is 5.63 Å². The summed E-state index contributed by atoms with van der Waals surface area (Å²) in [6, 6.07) is 4.65. The molecule has 2 rings (SSSR count). The minimum atomic E-state index is -0.303. The summed E-state index contributed by atoms with van der Waals surface area (Å²) in [4.78, 5) is 20.9. The van der Waals surface area contributed by atoms with Gasteiger partial charge in [0.1, 0.15) is 6.10 Å². The van der Waals surface area contributed by atoms with Gasteiger partial charge in [-0.15, -0.1) is 0 Å². The molecule has 0 amide bonds. The molecule has 1 aromatic rings. The van der Waals surface area contributed by atoms with E-state index in [1.165, 1.54) is 37.7 Å². The van der Waals surface area contributed by atoms with E-state index in [9.17, 15) is 9.59 Å². The van der Waals surface area contributed by atoms with Crippen molar-refractivity contribution in [3.05, 3.63) is 47.0 Å². The maximum absolute atomic E-state index is 10.8. The Bertz CT molecular complexity index is 430. The van der Waals surface area contributed by atoms with Crippen molar-refractivity contribution in [1.82, 2.24) is 0 Å². The molecular weight excluding hydrogens is 244 g/mol. The molecule has 0 fully saturated rings. The van der Waals surface area contributed by atoms with E-state index in [0.29, 0.717) is 0 Å². The lowest BCUT2D eigenvalue weighted by Gasteiger charge is -2.17. The van der Waals surface area contributed by atoms with Crippen molar-refractivity contribution in [3.8, 4) is 0 Å². The Morgan fingerprint density at radius 2 is 2.11 bits per heavy atom. The van der Waals surface area contributed by atoms with Gasteiger partial charge in [0, 0.05) is 18.6 Å². The first-order valence-electron chi connectivity index (χ1n) is 6.63. The van der Waals surface area contributed by atoms with E-state index in [1.807, 2.05) is 6.08 Å². The zero-order valence-corrected chi connectivity index (χ0v) is 11.2. The zero-order valence-electron chi connectivity index (χ0n) is 11.2. The number of unbranched alkanes of at least 4 members (excludes halogenated alkanes) is 2. The van der Waals surface area contributed by atoms with Gasteiger partial charge in [-0.2, -0.15) is 0 Å². The fourth-order valence-electron chi connectivity index (χ4n) is 1.69.